The lowest BCUT2D eigenvalue weighted by Crippen LogP contribution is -2.42. The molecule has 1 aliphatic carbocycles. The van der Waals surface area contributed by atoms with Crippen molar-refractivity contribution in [2.75, 3.05) is 26.8 Å². The zero-order valence-corrected chi connectivity index (χ0v) is 14.3. The maximum atomic E-state index is 12.7. The number of rotatable bonds is 6. The second-order valence-electron chi connectivity index (χ2n) is 5.97. The van der Waals surface area contributed by atoms with Crippen molar-refractivity contribution in [1.82, 2.24) is 10.2 Å². The number of hydrogen-bond acceptors (Lipinski definition) is 4. The van der Waals surface area contributed by atoms with Gasteiger partial charge < -0.3 is 19.7 Å². The van der Waals surface area contributed by atoms with Crippen LogP contribution in [0.3, 0.4) is 0 Å². The number of methoxy groups -OCH3 is 1. The summed E-state index contributed by atoms with van der Waals surface area (Å²) in [6.07, 6.45) is 2.66. The summed E-state index contributed by atoms with van der Waals surface area (Å²) in [7, 11) is 1.67. The number of ether oxygens (including phenoxy) is 2. The lowest BCUT2D eigenvalue weighted by molar-refractivity contribution is -0.136. The van der Waals surface area contributed by atoms with Crippen LogP contribution >= 0.6 is 12.4 Å². The molecule has 23 heavy (non-hydrogen) atoms. The highest BCUT2D eigenvalue weighted by atomic mass is 35.5. The molecule has 1 amide bonds. The molecule has 128 valence electrons. The van der Waals surface area contributed by atoms with E-state index in [4.69, 9.17) is 9.47 Å². The van der Waals surface area contributed by atoms with E-state index in [9.17, 15) is 4.79 Å². The average Bonchev–Trinajstić information content (AvgIpc) is 3.38. The molecule has 1 aliphatic heterocycles. The Morgan fingerprint density at radius 3 is 2.83 bits per heavy atom. The van der Waals surface area contributed by atoms with Gasteiger partial charge in [0.05, 0.1) is 26.2 Å². The van der Waals surface area contributed by atoms with Crippen LogP contribution < -0.4 is 10.1 Å². The number of carbonyl (C=O) groups excluding carboxylic acids is 1. The SMILES string of the molecule is COc1ccccc1CN(C(=O)CC1CNCCO1)C1CC1.Cl. The molecule has 6 heteroatoms. The minimum atomic E-state index is 0. The third kappa shape index (κ3) is 4.83. The Bertz CT molecular complexity index is 516. The number of morpholine rings is 1. The predicted octanol–water partition coefficient (Wildman–Crippen LogP) is 1.99. The van der Waals surface area contributed by atoms with Crippen LogP contribution in [0, 0.1) is 0 Å². The van der Waals surface area contributed by atoms with E-state index in [0.717, 1.165) is 37.2 Å². The molecule has 0 radical (unpaired) electrons. The standard InChI is InChI=1S/C17H24N2O3.ClH/c1-21-16-5-3-2-4-13(16)12-19(14-6-7-14)17(20)10-15-11-18-8-9-22-15;/h2-5,14-15,18H,6-12H2,1H3;1H. The molecular formula is C17H25ClN2O3. The molecule has 2 fully saturated rings. The quantitative estimate of drug-likeness (QED) is 0.860. The van der Waals surface area contributed by atoms with E-state index in [-0.39, 0.29) is 24.4 Å². The van der Waals surface area contributed by atoms with E-state index in [1.807, 2.05) is 29.2 Å². The molecule has 0 bridgehead atoms. The molecule has 2 aliphatic rings. The van der Waals surface area contributed by atoms with Gasteiger partial charge in [-0.2, -0.15) is 0 Å². The second kappa shape index (κ2) is 8.52. The summed E-state index contributed by atoms with van der Waals surface area (Å²) in [6, 6.07) is 8.29. The van der Waals surface area contributed by atoms with Crippen LogP contribution in [-0.2, 0) is 16.1 Å². The van der Waals surface area contributed by atoms with Crippen LogP contribution in [-0.4, -0.2) is 49.8 Å². The normalized spacial score (nSPS) is 20.5. The lowest BCUT2D eigenvalue weighted by atomic mass is 10.1. The molecule has 1 aromatic rings. The third-order valence-corrected chi connectivity index (χ3v) is 4.25. The van der Waals surface area contributed by atoms with Crippen molar-refractivity contribution in [3.05, 3.63) is 29.8 Å². The van der Waals surface area contributed by atoms with Crippen molar-refractivity contribution in [2.45, 2.75) is 38.0 Å². The summed E-state index contributed by atoms with van der Waals surface area (Å²) in [5, 5.41) is 3.28. The number of nitrogens with one attached hydrogen (secondary N) is 1. The van der Waals surface area contributed by atoms with Crippen molar-refractivity contribution in [3.8, 4) is 5.75 Å². The minimum Gasteiger partial charge on any atom is -0.496 e. The minimum absolute atomic E-state index is 0. The Labute approximate surface area is 143 Å². The van der Waals surface area contributed by atoms with Gasteiger partial charge in [0.1, 0.15) is 5.75 Å². The highest BCUT2D eigenvalue weighted by Gasteiger charge is 2.34. The fourth-order valence-corrected chi connectivity index (χ4v) is 2.89. The zero-order chi connectivity index (χ0) is 15.4. The van der Waals surface area contributed by atoms with Gasteiger partial charge in [-0.3, -0.25) is 4.79 Å². The highest BCUT2D eigenvalue weighted by Crippen LogP contribution is 2.31. The van der Waals surface area contributed by atoms with Gasteiger partial charge in [-0.25, -0.2) is 0 Å². The van der Waals surface area contributed by atoms with Gasteiger partial charge in [0.15, 0.2) is 0 Å². The summed E-state index contributed by atoms with van der Waals surface area (Å²) >= 11 is 0. The highest BCUT2D eigenvalue weighted by molar-refractivity contribution is 5.85. The molecule has 1 saturated carbocycles. The summed E-state index contributed by atoms with van der Waals surface area (Å²) in [5.74, 6) is 1.03. The van der Waals surface area contributed by atoms with E-state index in [1.54, 1.807) is 7.11 Å². The number of carbonyl (C=O) groups is 1. The predicted molar refractivity (Wildman–Crippen MR) is 91.0 cm³/mol. The van der Waals surface area contributed by atoms with E-state index in [0.29, 0.717) is 25.6 Å². The summed E-state index contributed by atoms with van der Waals surface area (Å²) < 4.78 is 11.1. The number of para-hydroxylation sites is 1. The molecule has 3 rings (SSSR count). The summed E-state index contributed by atoms with van der Waals surface area (Å²) in [6.45, 7) is 2.94. The van der Waals surface area contributed by atoms with Crippen molar-refractivity contribution in [2.24, 2.45) is 0 Å². The van der Waals surface area contributed by atoms with E-state index >= 15 is 0 Å². The van der Waals surface area contributed by atoms with E-state index < -0.39 is 0 Å². The molecule has 1 unspecified atom stereocenters. The van der Waals surface area contributed by atoms with Crippen molar-refractivity contribution >= 4 is 18.3 Å². The maximum absolute atomic E-state index is 12.7. The third-order valence-electron chi connectivity index (χ3n) is 4.25. The van der Waals surface area contributed by atoms with Crippen molar-refractivity contribution < 1.29 is 14.3 Å². The number of benzene rings is 1. The first kappa shape index (κ1) is 18.0. The van der Waals surface area contributed by atoms with Crippen molar-refractivity contribution in [3.63, 3.8) is 0 Å². The molecule has 1 saturated heterocycles. The number of nitrogens with zero attached hydrogens (tertiary/aromatic N) is 1. The number of hydrogen-bond donors (Lipinski definition) is 1. The molecule has 0 spiro atoms. The number of amides is 1. The van der Waals surface area contributed by atoms with Gasteiger partial charge >= 0.3 is 0 Å². The molecule has 5 nitrogen and oxygen atoms in total. The van der Waals surface area contributed by atoms with Crippen LogP contribution in [0.15, 0.2) is 24.3 Å². The maximum Gasteiger partial charge on any atom is 0.225 e. The average molecular weight is 341 g/mol. The first-order valence-corrected chi connectivity index (χ1v) is 8.01. The first-order valence-electron chi connectivity index (χ1n) is 8.01. The van der Waals surface area contributed by atoms with Crippen LogP contribution in [0.25, 0.3) is 0 Å². The number of halogens is 1. The van der Waals surface area contributed by atoms with Gasteiger partial charge in [-0.05, 0) is 18.9 Å². The topological polar surface area (TPSA) is 50.8 Å². The molecule has 1 heterocycles. The van der Waals surface area contributed by atoms with Gasteiger partial charge in [0.25, 0.3) is 0 Å². The van der Waals surface area contributed by atoms with Gasteiger partial charge in [-0.15, -0.1) is 12.4 Å². The van der Waals surface area contributed by atoms with Crippen LogP contribution in [0.5, 0.6) is 5.75 Å². The van der Waals surface area contributed by atoms with Crippen molar-refractivity contribution in [1.29, 1.82) is 0 Å². The summed E-state index contributed by atoms with van der Waals surface area (Å²) in [4.78, 5) is 14.7. The van der Waals surface area contributed by atoms with E-state index in [1.165, 1.54) is 0 Å². The van der Waals surface area contributed by atoms with E-state index in [2.05, 4.69) is 5.32 Å². The largest absolute Gasteiger partial charge is 0.496 e. The van der Waals surface area contributed by atoms with Crippen LogP contribution in [0.4, 0.5) is 0 Å². The second-order valence-corrected chi connectivity index (χ2v) is 5.97. The fourth-order valence-electron chi connectivity index (χ4n) is 2.89. The Morgan fingerprint density at radius 2 is 2.17 bits per heavy atom. The first-order chi connectivity index (χ1) is 10.8. The summed E-state index contributed by atoms with van der Waals surface area (Å²) in [5.41, 5.74) is 1.06. The molecule has 1 N–H and O–H groups in total. The fraction of sp³-hybridized carbons (Fsp3) is 0.588. The van der Waals surface area contributed by atoms with Gasteiger partial charge in [-0.1, -0.05) is 18.2 Å². The smallest absolute Gasteiger partial charge is 0.225 e. The molecule has 1 atom stereocenters. The Morgan fingerprint density at radius 1 is 1.39 bits per heavy atom. The monoisotopic (exact) mass is 340 g/mol. The Kier molecular flexibility index (Phi) is 6.69. The molecular weight excluding hydrogens is 316 g/mol. The Balaban J connectivity index is 0.00000192. The Hall–Kier alpha value is -1.30. The molecule has 1 aromatic carbocycles. The molecule has 0 aromatic heterocycles. The van der Waals surface area contributed by atoms with Crippen LogP contribution in [0.1, 0.15) is 24.8 Å². The van der Waals surface area contributed by atoms with Gasteiger partial charge in [0, 0.05) is 31.2 Å². The van der Waals surface area contributed by atoms with Gasteiger partial charge in [0.2, 0.25) is 5.91 Å². The van der Waals surface area contributed by atoms with Crippen LogP contribution in [0.2, 0.25) is 0 Å². The lowest BCUT2D eigenvalue weighted by Gasteiger charge is -2.28. The zero-order valence-electron chi connectivity index (χ0n) is 13.5.